The van der Waals surface area contributed by atoms with Crippen molar-refractivity contribution in [3.05, 3.63) is 0 Å². The fraction of sp³-hybridized carbons (Fsp3) is 0.750. The molecule has 0 aliphatic heterocycles. The standard InChI is InChI=1S/C8H14O3.ClH/c1-3-11-8(10)6-4-5-7(2)9;/h3-6H2,1-2H3;1H. The minimum Gasteiger partial charge on any atom is -0.466 e. The minimum atomic E-state index is -0.214. The van der Waals surface area contributed by atoms with E-state index in [0.29, 0.717) is 25.9 Å². The van der Waals surface area contributed by atoms with Crippen molar-refractivity contribution in [3.8, 4) is 0 Å². The molecule has 0 aliphatic carbocycles. The first-order chi connectivity index (χ1) is 5.16. The number of ketones is 1. The van der Waals surface area contributed by atoms with Crippen LogP contribution in [0.1, 0.15) is 33.1 Å². The van der Waals surface area contributed by atoms with Gasteiger partial charge in [-0.05, 0) is 20.3 Å². The van der Waals surface area contributed by atoms with Crippen LogP contribution in [-0.2, 0) is 14.3 Å². The van der Waals surface area contributed by atoms with Gasteiger partial charge in [-0.3, -0.25) is 4.79 Å². The van der Waals surface area contributed by atoms with Gasteiger partial charge < -0.3 is 9.53 Å². The van der Waals surface area contributed by atoms with Crippen LogP contribution >= 0.6 is 12.4 Å². The van der Waals surface area contributed by atoms with E-state index >= 15 is 0 Å². The Morgan fingerprint density at radius 1 is 1.25 bits per heavy atom. The number of carbonyl (C=O) groups is 2. The van der Waals surface area contributed by atoms with Crippen molar-refractivity contribution in [3.63, 3.8) is 0 Å². The second kappa shape index (κ2) is 8.53. The summed E-state index contributed by atoms with van der Waals surface area (Å²) in [5, 5.41) is 0. The second-order valence-corrected chi connectivity index (χ2v) is 2.36. The zero-order valence-corrected chi connectivity index (χ0v) is 8.28. The van der Waals surface area contributed by atoms with Crippen LogP contribution in [0.3, 0.4) is 0 Å². The predicted octanol–water partition coefficient (Wildman–Crippen LogP) is 1.73. The third kappa shape index (κ3) is 9.43. The lowest BCUT2D eigenvalue weighted by Gasteiger charge is -1.98. The van der Waals surface area contributed by atoms with Gasteiger partial charge in [0.2, 0.25) is 0 Å². The number of esters is 1. The molecule has 12 heavy (non-hydrogen) atoms. The Morgan fingerprint density at radius 2 is 1.83 bits per heavy atom. The Labute approximate surface area is 78.9 Å². The van der Waals surface area contributed by atoms with Gasteiger partial charge in [0.25, 0.3) is 0 Å². The van der Waals surface area contributed by atoms with Gasteiger partial charge in [0, 0.05) is 12.8 Å². The van der Waals surface area contributed by atoms with E-state index in [9.17, 15) is 9.59 Å². The maximum atomic E-state index is 10.7. The first kappa shape index (κ1) is 14.0. The van der Waals surface area contributed by atoms with Gasteiger partial charge in [-0.25, -0.2) is 0 Å². The van der Waals surface area contributed by atoms with E-state index in [1.165, 1.54) is 6.92 Å². The zero-order chi connectivity index (χ0) is 8.69. The van der Waals surface area contributed by atoms with Crippen LogP contribution in [0.5, 0.6) is 0 Å². The summed E-state index contributed by atoms with van der Waals surface area (Å²) in [5.41, 5.74) is 0. The Hall–Kier alpha value is -0.570. The van der Waals surface area contributed by atoms with Crippen molar-refractivity contribution in [2.75, 3.05) is 6.61 Å². The molecule has 0 heterocycles. The highest BCUT2D eigenvalue weighted by Crippen LogP contribution is 1.97. The van der Waals surface area contributed by atoms with Crippen LogP contribution in [0.15, 0.2) is 0 Å². The summed E-state index contributed by atoms with van der Waals surface area (Å²) in [7, 11) is 0. The van der Waals surface area contributed by atoms with Gasteiger partial charge in [0.1, 0.15) is 5.78 Å². The lowest BCUT2D eigenvalue weighted by molar-refractivity contribution is -0.143. The maximum absolute atomic E-state index is 10.7. The normalized spacial score (nSPS) is 8.50. The quantitative estimate of drug-likeness (QED) is 0.626. The lowest BCUT2D eigenvalue weighted by Crippen LogP contribution is -2.04. The molecule has 0 bridgehead atoms. The van der Waals surface area contributed by atoms with Crippen LogP contribution in [-0.4, -0.2) is 18.4 Å². The smallest absolute Gasteiger partial charge is 0.305 e. The first-order valence-corrected chi connectivity index (χ1v) is 3.82. The van der Waals surface area contributed by atoms with Crippen molar-refractivity contribution in [1.29, 1.82) is 0 Å². The second-order valence-electron chi connectivity index (χ2n) is 2.36. The molecule has 0 radical (unpaired) electrons. The Kier molecular flexibility index (Phi) is 9.93. The van der Waals surface area contributed by atoms with Gasteiger partial charge in [-0.15, -0.1) is 12.4 Å². The van der Waals surface area contributed by atoms with Crippen LogP contribution in [0.4, 0.5) is 0 Å². The van der Waals surface area contributed by atoms with Gasteiger partial charge in [0.15, 0.2) is 0 Å². The van der Waals surface area contributed by atoms with Crippen LogP contribution in [0.2, 0.25) is 0 Å². The van der Waals surface area contributed by atoms with Crippen molar-refractivity contribution < 1.29 is 14.3 Å². The number of carbonyl (C=O) groups excluding carboxylic acids is 2. The number of rotatable bonds is 5. The molecule has 0 unspecified atom stereocenters. The number of halogens is 1. The summed E-state index contributed by atoms with van der Waals surface area (Å²) in [6, 6.07) is 0. The molecule has 0 fully saturated rings. The maximum Gasteiger partial charge on any atom is 0.305 e. The summed E-state index contributed by atoms with van der Waals surface area (Å²) in [4.78, 5) is 21.1. The molecule has 0 amide bonds. The van der Waals surface area contributed by atoms with E-state index in [1.807, 2.05) is 0 Å². The van der Waals surface area contributed by atoms with Crippen LogP contribution < -0.4 is 0 Å². The summed E-state index contributed by atoms with van der Waals surface area (Å²) in [5.74, 6) is -0.0944. The van der Waals surface area contributed by atoms with E-state index in [0.717, 1.165) is 0 Å². The third-order valence-electron chi connectivity index (χ3n) is 1.22. The lowest BCUT2D eigenvalue weighted by atomic mass is 10.2. The molecule has 0 saturated heterocycles. The predicted molar refractivity (Wildman–Crippen MR) is 48.4 cm³/mol. The van der Waals surface area contributed by atoms with E-state index < -0.39 is 0 Å². The Morgan fingerprint density at radius 3 is 2.25 bits per heavy atom. The van der Waals surface area contributed by atoms with Gasteiger partial charge in [-0.2, -0.15) is 0 Å². The highest BCUT2D eigenvalue weighted by molar-refractivity contribution is 5.85. The first-order valence-electron chi connectivity index (χ1n) is 3.82. The van der Waals surface area contributed by atoms with Gasteiger partial charge in [0.05, 0.1) is 6.61 Å². The molecule has 0 N–H and O–H groups in total. The van der Waals surface area contributed by atoms with Gasteiger partial charge in [-0.1, -0.05) is 0 Å². The number of Topliss-reactive ketones (excluding diaryl/α,β-unsaturated/α-hetero) is 1. The number of hydrogen-bond acceptors (Lipinski definition) is 3. The largest absolute Gasteiger partial charge is 0.466 e. The molecule has 4 heteroatoms. The molecule has 72 valence electrons. The molecule has 0 atom stereocenters. The zero-order valence-electron chi connectivity index (χ0n) is 7.46. The SMILES string of the molecule is CCOC(=O)CCCC(C)=O.Cl. The van der Waals surface area contributed by atoms with E-state index in [4.69, 9.17) is 0 Å². The topological polar surface area (TPSA) is 43.4 Å². The van der Waals surface area contributed by atoms with E-state index in [-0.39, 0.29) is 24.2 Å². The van der Waals surface area contributed by atoms with Crippen molar-refractivity contribution in [2.24, 2.45) is 0 Å². The van der Waals surface area contributed by atoms with Crippen molar-refractivity contribution in [2.45, 2.75) is 33.1 Å². The fourth-order valence-electron chi connectivity index (χ4n) is 0.715. The molecular weight excluding hydrogens is 180 g/mol. The molecular formula is C8H15ClO3. The molecule has 3 nitrogen and oxygen atoms in total. The highest BCUT2D eigenvalue weighted by Gasteiger charge is 2.01. The summed E-state index contributed by atoms with van der Waals surface area (Å²) in [6.07, 6.45) is 1.43. The molecule has 0 aromatic rings. The Bertz CT molecular complexity index is 145. The Balaban J connectivity index is 0. The molecule has 0 aromatic heterocycles. The van der Waals surface area contributed by atoms with Crippen LogP contribution in [0.25, 0.3) is 0 Å². The fourth-order valence-corrected chi connectivity index (χ4v) is 0.715. The number of ether oxygens (including phenoxy) is 1. The van der Waals surface area contributed by atoms with Crippen LogP contribution in [0, 0.1) is 0 Å². The molecule has 0 rings (SSSR count). The third-order valence-corrected chi connectivity index (χ3v) is 1.22. The van der Waals surface area contributed by atoms with E-state index in [2.05, 4.69) is 4.74 Å². The summed E-state index contributed by atoms with van der Waals surface area (Å²) in [6.45, 7) is 3.70. The summed E-state index contributed by atoms with van der Waals surface area (Å²) >= 11 is 0. The average Bonchev–Trinajstić information content (AvgIpc) is 1.87. The average molecular weight is 195 g/mol. The van der Waals surface area contributed by atoms with Crippen molar-refractivity contribution in [1.82, 2.24) is 0 Å². The minimum absolute atomic E-state index is 0. The summed E-state index contributed by atoms with van der Waals surface area (Å²) < 4.78 is 4.67. The number of hydrogen-bond donors (Lipinski definition) is 0. The van der Waals surface area contributed by atoms with E-state index in [1.54, 1.807) is 6.92 Å². The molecule has 0 spiro atoms. The van der Waals surface area contributed by atoms with Gasteiger partial charge >= 0.3 is 5.97 Å². The molecule has 0 aliphatic rings. The molecule has 0 saturated carbocycles. The molecule has 0 aromatic carbocycles. The van der Waals surface area contributed by atoms with Crippen molar-refractivity contribution >= 4 is 24.2 Å². The monoisotopic (exact) mass is 194 g/mol. The highest BCUT2D eigenvalue weighted by atomic mass is 35.5.